The van der Waals surface area contributed by atoms with Crippen molar-refractivity contribution in [1.82, 2.24) is 25.5 Å². The first-order valence-electron chi connectivity index (χ1n) is 8.12. The Morgan fingerprint density at radius 3 is 2.63 bits per heavy atom. The van der Waals surface area contributed by atoms with Gasteiger partial charge in [-0.15, -0.1) is 11.3 Å². The van der Waals surface area contributed by atoms with Crippen LogP contribution in [0.2, 0.25) is 0 Å². The van der Waals surface area contributed by atoms with Gasteiger partial charge in [0.15, 0.2) is 0 Å². The minimum atomic E-state index is -4.52. The average molecular weight is 402 g/mol. The number of halogens is 3. The van der Waals surface area contributed by atoms with Crippen molar-refractivity contribution < 1.29 is 22.8 Å². The predicted molar refractivity (Wildman–Crippen MR) is 93.7 cm³/mol. The lowest BCUT2D eigenvalue weighted by Crippen LogP contribution is -2.51. The summed E-state index contributed by atoms with van der Waals surface area (Å²) in [7, 11) is 0. The molecule has 0 saturated carbocycles. The lowest BCUT2D eigenvalue weighted by Gasteiger charge is -2.35. The van der Waals surface area contributed by atoms with Gasteiger partial charge in [-0.25, -0.2) is 14.8 Å². The molecule has 1 aliphatic heterocycles. The van der Waals surface area contributed by atoms with E-state index in [-0.39, 0.29) is 6.54 Å². The van der Waals surface area contributed by atoms with Crippen molar-refractivity contribution in [2.24, 2.45) is 0 Å². The highest BCUT2D eigenvalue weighted by Crippen LogP contribution is 2.27. The van der Waals surface area contributed by atoms with Crippen LogP contribution in [0.3, 0.4) is 0 Å². The summed E-state index contributed by atoms with van der Waals surface area (Å²) in [5.41, 5.74) is 0. The number of nitrogens with zero attached hydrogens (tertiary/aromatic N) is 4. The summed E-state index contributed by atoms with van der Waals surface area (Å²) in [6.45, 7) is 0.844. The maximum absolute atomic E-state index is 12.0. The molecule has 3 amide bonds. The third-order valence-corrected chi connectivity index (χ3v) is 4.80. The van der Waals surface area contributed by atoms with Gasteiger partial charge < -0.3 is 10.2 Å². The van der Waals surface area contributed by atoms with Gasteiger partial charge in [-0.1, -0.05) is 0 Å². The Morgan fingerprint density at radius 2 is 1.93 bits per heavy atom. The fraction of sp³-hybridized carbons (Fsp3) is 0.467. The molecule has 0 spiro atoms. The molecule has 146 valence electrons. The number of nitrogens with one attached hydrogen (secondary N) is 2. The fourth-order valence-corrected chi connectivity index (χ4v) is 3.47. The van der Waals surface area contributed by atoms with E-state index in [0.29, 0.717) is 26.2 Å². The number of urea groups is 1. The molecule has 3 heterocycles. The number of rotatable bonds is 4. The van der Waals surface area contributed by atoms with Crippen molar-refractivity contribution in [1.29, 1.82) is 0 Å². The van der Waals surface area contributed by atoms with E-state index < -0.39 is 24.7 Å². The zero-order valence-electron chi connectivity index (χ0n) is 14.1. The van der Waals surface area contributed by atoms with E-state index >= 15 is 0 Å². The molecule has 0 radical (unpaired) electrons. The van der Waals surface area contributed by atoms with Crippen molar-refractivity contribution in [2.45, 2.75) is 6.18 Å². The van der Waals surface area contributed by atoms with Crippen molar-refractivity contribution in [3.63, 3.8) is 0 Å². The van der Waals surface area contributed by atoms with Gasteiger partial charge in [-0.2, -0.15) is 13.2 Å². The molecule has 0 atom stereocenters. The summed E-state index contributed by atoms with van der Waals surface area (Å²) in [5, 5.41) is 6.43. The molecule has 0 aromatic carbocycles. The first kappa shape index (κ1) is 19.3. The van der Waals surface area contributed by atoms with Crippen LogP contribution < -0.4 is 15.5 Å². The molecule has 8 nitrogen and oxygen atoms in total. The highest BCUT2D eigenvalue weighted by molar-refractivity contribution is 7.16. The van der Waals surface area contributed by atoms with Crippen LogP contribution >= 0.6 is 11.3 Å². The molecule has 27 heavy (non-hydrogen) atoms. The molecule has 2 aromatic rings. The molecular formula is C15H17F3N6O2S. The molecule has 1 aliphatic rings. The Bertz CT molecular complexity index is 819. The van der Waals surface area contributed by atoms with Gasteiger partial charge in [0.05, 0.1) is 11.9 Å². The quantitative estimate of drug-likeness (QED) is 0.799. The van der Waals surface area contributed by atoms with Gasteiger partial charge in [0.25, 0.3) is 0 Å². The van der Waals surface area contributed by atoms with Crippen molar-refractivity contribution >= 4 is 39.3 Å². The molecular weight excluding hydrogens is 385 g/mol. The van der Waals surface area contributed by atoms with Crippen LogP contribution in [0.5, 0.6) is 0 Å². The second-order valence-electron chi connectivity index (χ2n) is 5.95. The molecule has 12 heteroatoms. The Balaban J connectivity index is 1.46. The second-order valence-corrected chi connectivity index (χ2v) is 6.84. The summed E-state index contributed by atoms with van der Waals surface area (Å²) < 4.78 is 36.1. The summed E-state index contributed by atoms with van der Waals surface area (Å²) in [6, 6.07) is 0.811. The highest BCUT2D eigenvalue weighted by Gasteiger charge is 2.28. The number of piperazine rings is 1. The van der Waals surface area contributed by atoms with Gasteiger partial charge in [-0.3, -0.25) is 15.0 Å². The molecule has 2 N–H and O–H groups in total. The number of fused-ring (bicyclic) bond motifs is 1. The van der Waals surface area contributed by atoms with E-state index in [2.05, 4.69) is 14.9 Å². The zero-order chi connectivity index (χ0) is 19.4. The molecule has 3 rings (SSSR count). The van der Waals surface area contributed by atoms with Crippen molar-refractivity contribution in [3.8, 4) is 0 Å². The maximum Gasteiger partial charge on any atom is 0.405 e. The van der Waals surface area contributed by atoms with E-state index in [1.54, 1.807) is 5.32 Å². The lowest BCUT2D eigenvalue weighted by atomic mass is 10.2. The van der Waals surface area contributed by atoms with Crippen molar-refractivity contribution in [3.05, 3.63) is 17.8 Å². The number of amides is 3. The smallest absolute Gasteiger partial charge is 0.353 e. The van der Waals surface area contributed by atoms with E-state index in [4.69, 9.17) is 0 Å². The summed E-state index contributed by atoms with van der Waals surface area (Å²) in [6.07, 6.45) is -3.00. The number of thiophene rings is 1. The molecule has 1 saturated heterocycles. The second kappa shape index (κ2) is 8.05. The van der Waals surface area contributed by atoms with Gasteiger partial charge in [-0.05, 0) is 11.4 Å². The van der Waals surface area contributed by atoms with Gasteiger partial charge in [0.1, 0.15) is 23.5 Å². The Hall–Kier alpha value is -2.47. The largest absolute Gasteiger partial charge is 0.405 e. The number of aromatic nitrogens is 2. The number of anilines is 1. The SMILES string of the molecule is O=C(CN1CCN(c2ncnc3sccc23)CC1)NC(=O)NCC(F)(F)F. The Labute approximate surface area is 156 Å². The molecule has 0 aliphatic carbocycles. The number of hydrogen-bond acceptors (Lipinski definition) is 7. The summed E-state index contributed by atoms with van der Waals surface area (Å²) in [5.74, 6) is 0.197. The Kier molecular flexibility index (Phi) is 5.75. The van der Waals surface area contributed by atoms with Crippen LogP contribution in [-0.2, 0) is 4.79 Å². The number of carbonyl (C=O) groups is 2. The first-order chi connectivity index (χ1) is 12.8. The first-order valence-corrected chi connectivity index (χ1v) is 9.00. The fourth-order valence-electron chi connectivity index (χ4n) is 2.74. The molecule has 2 aromatic heterocycles. The topological polar surface area (TPSA) is 90.5 Å². The van der Waals surface area contributed by atoms with Crippen LogP contribution in [0, 0.1) is 0 Å². The number of hydrogen-bond donors (Lipinski definition) is 2. The minimum Gasteiger partial charge on any atom is -0.353 e. The number of imide groups is 1. The van der Waals surface area contributed by atoms with Crippen LogP contribution in [-0.4, -0.2) is 72.3 Å². The normalized spacial score (nSPS) is 15.7. The van der Waals surface area contributed by atoms with E-state index in [9.17, 15) is 22.8 Å². The van der Waals surface area contributed by atoms with Gasteiger partial charge >= 0.3 is 12.2 Å². The van der Waals surface area contributed by atoms with Crippen LogP contribution in [0.15, 0.2) is 17.8 Å². The molecule has 0 bridgehead atoms. The van der Waals surface area contributed by atoms with Crippen molar-refractivity contribution in [2.75, 3.05) is 44.2 Å². The van der Waals surface area contributed by atoms with E-state index in [1.165, 1.54) is 17.7 Å². The van der Waals surface area contributed by atoms with Gasteiger partial charge in [0.2, 0.25) is 5.91 Å². The monoisotopic (exact) mass is 402 g/mol. The highest BCUT2D eigenvalue weighted by atomic mass is 32.1. The van der Waals surface area contributed by atoms with Crippen LogP contribution in [0.25, 0.3) is 10.2 Å². The van der Waals surface area contributed by atoms with Crippen LogP contribution in [0.4, 0.5) is 23.8 Å². The standard InChI is InChI=1S/C15H17F3N6O2S/c16-15(17,18)8-19-14(26)22-11(25)7-23-2-4-24(5-3-23)12-10-1-6-27-13(10)21-9-20-12/h1,6,9H,2-5,7-8H2,(H2,19,22,25,26). The zero-order valence-corrected chi connectivity index (χ0v) is 14.9. The third-order valence-electron chi connectivity index (χ3n) is 3.98. The minimum absolute atomic E-state index is 0.0646. The van der Waals surface area contributed by atoms with Gasteiger partial charge in [0, 0.05) is 26.2 Å². The maximum atomic E-state index is 12.0. The third kappa shape index (κ3) is 5.26. The van der Waals surface area contributed by atoms with E-state index in [0.717, 1.165) is 16.0 Å². The predicted octanol–water partition coefficient (Wildman–Crippen LogP) is 1.20. The molecule has 0 unspecified atom stereocenters. The lowest BCUT2D eigenvalue weighted by molar-refractivity contribution is -0.125. The Morgan fingerprint density at radius 1 is 1.19 bits per heavy atom. The average Bonchev–Trinajstić information content (AvgIpc) is 3.09. The number of alkyl halides is 3. The van der Waals surface area contributed by atoms with Crippen LogP contribution in [0.1, 0.15) is 0 Å². The summed E-state index contributed by atoms with van der Waals surface area (Å²) >= 11 is 1.54. The number of carbonyl (C=O) groups excluding carboxylic acids is 2. The van der Waals surface area contributed by atoms with E-state index in [1.807, 2.05) is 21.7 Å². The summed E-state index contributed by atoms with van der Waals surface area (Å²) in [4.78, 5) is 36.5. The molecule has 1 fully saturated rings.